The van der Waals surface area contributed by atoms with E-state index in [0.29, 0.717) is 0 Å². The van der Waals surface area contributed by atoms with Crippen molar-refractivity contribution in [3.8, 4) is 0 Å². The second-order valence-electron chi connectivity index (χ2n) is 6.44. The summed E-state index contributed by atoms with van der Waals surface area (Å²) in [5, 5.41) is 3.02. The molecule has 0 aliphatic carbocycles. The molecule has 1 aliphatic rings. The Labute approximate surface area is 140 Å². The lowest BCUT2D eigenvalue weighted by atomic mass is 10.2. The highest BCUT2D eigenvalue weighted by Gasteiger charge is 2.30. The van der Waals surface area contributed by atoms with Crippen molar-refractivity contribution >= 4 is 12.0 Å². The minimum Gasteiger partial charge on any atom is -0.351 e. The average molecular weight is 317 g/mol. The molecule has 1 heterocycles. The Morgan fingerprint density at radius 2 is 1.91 bits per heavy atom. The molecule has 126 valence electrons. The number of rotatable bonds is 7. The first-order valence-corrected chi connectivity index (χ1v) is 8.88. The van der Waals surface area contributed by atoms with Gasteiger partial charge in [-0.05, 0) is 25.0 Å². The van der Waals surface area contributed by atoms with Crippen LogP contribution in [0.4, 0.5) is 0 Å². The zero-order valence-corrected chi connectivity index (χ0v) is 14.5. The highest BCUT2D eigenvalue weighted by Crippen LogP contribution is 1.99. The van der Waals surface area contributed by atoms with Crippen LogP contribution in [0.5, 0.6) is 0 Å². The maximum atomic E-state index is 12.1. The Hall–Kier alpha value is -1.65. The summed E-state index contributed by atoms with van der Waals surface area (Å²) in [6.45, 7) is 10.4. The molecule has 0 unspecified atom stereocenters. The standard InChI is InChI=1S/C19H29N3O/c1-3-11-20-19(23)17(2)22-15-13-21(14-16-22)12-7-10-18-8-5-4-6-9-18/h4-10,17H,3,11-16H2,1-2H3,(H,20,23)/p+2/b10-7+/t17-/m1/s1. The van der Waals surface area contributed by atoms with Gasteiger partial charge in [0.05, 0.1) is 6.54 Å². The third-order valence-electron chi connectivity index (χ3n) is 4.67. The van der Waals surface area contributed by atoms with E-state index in [2.05, 4.69) is 55.6 Å². The molecule has 0 bridgehead atoms. The van der Waals surface area contributed by atoms with Crippen molar-refractivity contribution in [3.05, 3.63) is 42.0 Å². The number of quaternary nitrogens is 2. The van der Waals surface area contributed by atoms with Crippen LogP contribution < -0.4 is 15.1 Å². The molecule has 2 rings (SSSR count). The van der Waals surface area contributed by atoms with Crippen LogP contribution in [0.15, 0.2) is 36.4 Å². The number of carbonyl (C=O) groups is 1. The molecular formula is C19H31N3O+2. The Morgan fingerprint density at radius 3 is 2.57 bits per heavy atom. The first-order valence-electron chi connectivity index (χ1n) is 8.88. The van der Waals surface area contributed by atoms with E-state index in [9.17, 15) is 4.79 Å². The molecule has 0 spiro atoms. The third kappa shape index (κ3) is 5.81. The number of hydrogen-bond donors (Lipinski definition) is 3. The van der Waals surface area contributed by atoms with E-state index < -0.39 is 0 Å². The van der Waals surface area contributed by atoms with Gasteiger partial charge >= 0.3 is 0 Å². The summed E-state index contributed by atoms with van der Waals surface area (Å²) >= 11 is 0. The molecule has 1 atom stereocenters. The first-order chi connectivity index (χ1) is 11.2. The van der Waals surface area contributed by atoms with Gasteiger partial charge in [0.1, 0.15) is 26.2 Å². The Morgan fingerprint density at radius 1 is 1.22 bits per heavy atom. The molecule has 1 aliphatic heterocycles. The molecule has 0 aromatic heterocycles. The molecular weight excluding hydrogens is 286 g/mol. The largest absolute Gasteiger partial charge is 0.351 e. The maximum Gasteiger partial charge on any atom is 0.278 e. The van der Waals surface area contributed by atoms with Gasteiger partial charge in [-0.15, -0.1) is 0 Å². The summed E-state index contributed by atoms with van der Waals surface area (Å²) in [5.41, 5.74) is 1.26. The second-order valence-corrected chi connectivity index (χ2v) is 6.44. The molecule has 3 N–H and O–H groups in total. The maximum absolute atomic E-state index is 12.1. The van der Waals surface area contributed by atoms with Gasteiger partial charge in [0.15, 0.2) is 6.04 Å². The zero-order valence-electron chi connectivity index (χ0n) is 14.5. The lowest BCUT2D eigenvalue weighted by Crippen LogP contribution is -3.30. The van der Waals surface area contributed by atoms with Crippen molar-refractivity contribution in [2.45, 2.75) is 26.3 Å². The fourth-order valence-corrected chi connectivity index (χ4v) is 3.07. The van der Waals surface area contributed by atoms with Gasteiger partial charge in [-0.3, -0.25) is 4.79 Å². The lowest BCUT2D eigenvalue weighted by Gasteiger charge is -2.32. The molecule has 0 radical (unpaired) electrons. The molecule has 1 fully saturated rings. The van der Waals surface area contributed by atoms with E-state index in [4.69, 9.17) is 0 Å². The third-order valence-corrected chi connectivity index (χ3v) is 4.67. The van der Waals surface area contributed by atoms with Crippen molar-refractivity contribution < 1.29 is 14.6 Å². The SMILES string of the molecule is CCCNC(=O)[C@@H](C)[NH+]1CC[NH+](C/C=C/c2ccccc2)CC1. The molecule has 1 aromatic rings. The predicted molar refractivity (Wildman–Crippen MR) is 94.5 cm³/mol. The number of carbonyl (C=O) groups excluding carboxylic acids is 1. The zero-order chi connectivity index (χ0) is 16.5. The highest BCUT2D eigenvalue weighted by atomic mass is 16.2. The summed E-state index contributed by atoms with van der Waals surface area (Å²) in [5.74, 6) is 0.203. The molecule has 1 saturated heterocycles. The van der Waals surface area contributed by atoms with Gasteiger partial charge in [0.2, 0.25) is 0 Å². The molecule has 1 aromatic carbocycles. The van der Waals surface area contributed by atoms with Crippen LogP contribution >= 0.6 is 0 Å². The fourth-order valence-electron chi connectivity index (χ4n) is 3.07. The predicted octanol–water partition coefficient (Wildman–Crippen LogP) is -0.602. The van der Waals surface area contributed by atoms with Gasteiger partial charge < -0.3 is 15.1 Å². The van der Waals surface area contributed by atoms with Gasteiger partial charge in [0.25, 0.3) is 5.91 Å². The Kier molecular flexibility index (Phi) is 7.30. The van der Waals surface area contributed by atoms with Crippen molar-refractivity contribution in [3.63, 3.8) is 0 Å². The fraction of sp³-hybridized carbons (Fsp3) is 0.526. The minimum atomic E-state index is 0.0722. The van der Waals surface area contributed by atoms with Crippen LogP contribution in [0.1, 0.15) is 25.8 Å². The van der Waals surface area contributed by atoms with Crippen LogP contribution in [0, 0.1) is 0 Å². The topological polar surface area (TPSA) is 38.0 Å². The van der Waals surface area contributed by atoms with E-state index in [1.54, 1.807) is 4.90 Å². The lowest BCUT2D eigenvalue weighted by molar-refractivity contribution is -1.02. The van der Waals surface area contributed by atoms with E-state index in [-0.39, 0.29) is 11.9 Å². The minimum absolute atomic E-state index is 0.0722. The van der Waals surface area contributed by atoms with Crippen LogP contribution in [0.25, 0.3) is 6.08 Å². The molecule has 4 heteroatoms. The summed E-state index contributed by atoms with van der Waals surface area (Å²) in [6.07, 6.45) is 5.47. The first kappa shape index (κ1) is 17.7. The van der Waals surface area contributed by atoms with Crippen molar-refractivity contribution in [2.75, 3.05) is 39.3 Å². The van der Waals surface area contributed by atoms with Gasteiger partial charge in [-0.2, -0.15) is 0 Å². The summed E-state index contributed by atoms with van der Waals surface area (Å²) in [6, 6.07) is 10.5. The number of amides is 1. The van der Waals surface area contributed by atoms with Crippen LogP contribution in [-0.4, -0.2) is 51.2 Å². The Bertz CT molecular complexity index is 493. The monoisotopic (exact) mass is 317 g/mol. The van der Waals surface area contributed by atoms with E-state index >= 15 is 0 Å². The summed E-state index contributed by atoms with van der Waals surface area (Å²) in [7, 11) is 0. The average Bonchev–Trinajstić information content (AvgIpc) is 2.60. The number of hydrogen-bond acceptors (Lipinski definition) is 1. The van der Waals surface area contributed by atoms with E-state index in [1.807, 2.05) is 6.07 Å². The quantitative estimate of drug-likeness (QED) is 0.617. The van der Waals surface area contributed by atoms with Gasteiger partial charge in [0, 0.05) is 6.54 Å². The molecule has 4 nitrogen and oxygen atoms in total. The Balaban J connectivity index is 1.71. The number of piperazine rings is 1. The second kappa shape index (κ2) is 9.48. The number of benzene rings is 1. The van der Waals surface area contributed by atoms with Crippen LogP contribution in [0.2, 0.25) is 0 Å². The molecule has 0 saturated carbocycles. The van der Waals surface area contributed by atoms with Crippen molar-refractivity contribution in [1.29, 1.82) is 0 Å². The number of nitrogens with one attached hydrogen (secondary N) is 3. The summed E-state index contributed by atoms with van der Waals surface area (Å²) in [4.78, 5) is 15.1. The van der Waals surface area contributed by atoms with E-state index in [0.717, 1.165) is 45.7 Å². The van der Waals surface area contributed by atoms with Gasteiger partial charge in [-0.1, -0.05) is 43.3 Å². The summed E-state index contributed by atoms with van der Waals surface area (Å²) < 4.78 is 0. The van der Waals surface area contributed by atoms with Crippen LogP contribution in [-0.2, 0) is 4.79 Å². The van der Waals surface area contributed by atoms with Crippen molar-refractivity contribution in [1.82, 2.24) is 5.32 Å². The van der Waals surface area contributed by atoms with E-state index in [1.165, 1.54) is 10.5 Å². The van der Waals surface area contributed by atoms with Crippen LogP contribution in [0.3, 0.4) is 0 Å². The highest BCUT2D eigenvalue weighted by molar-refractivity contribution is 5.79. The molecule has 23 heavy (non-hydrogen) atoms. The molecule has 1 amide bonds. The smallest absolute Gasteiger partial charge is 0.278 e. The van der Waals surface area contributed by atoms with Crippen molar-refractivity contribution in [2.24, 2.45) is 0 Å². The normalized spacial score (nSPS) is 22.9. The van der Waals surface area contributed by atoms with Gasteiger partial charge in [-0.25, -0.2) is 0 Å².